The average Bonchev–Trinajstić information content (AvgIpc) is 3.00. The fourth-order valence-electron chi connectivity index (χ4n) is 3.41. The molecular formula is C17H22O6. The molecule has 0 aromatic heterocycles. The van der Waals surface area contributed by atoms with E-state index < -0.39 is 24.1 Å². The third kappa shape index (κ3) is 3.05. The number of epoxide rings is 1. The molecule has 0 spiro atoms. The molecule has 2 heterocycles. The van der Waals surface area contributed by atoms with E-state index in [0.717, 1.165) is 18.4 Å². The van der Waals surface area contributed by atoms with E-state index in [4.69, 9.17) is 14.2 Å². The van der Waals surface area contributed by atoms with E-state index in [-0.39, 0.29) is 23.9 Å². The lowest BCUT2D eigenvalue weighted by Gasteiger charge is -2.21. The number of rotatable bonds is 2. The summed E-state index contributed by atoms with van der Waals surface area (Å²) in [6.45, 7) is 5.05. The summed E-state index contributed by atoms with van der Waals surface area (Å²) in [6, 6.07) is 0. The van der Waals surface area contributed by atoms with Crippen LogP contribution in [0.5, 0.6) is 0 Å². The van der Waals surface area contributed by atoms with E-state index in [2.05, 4.69) is 6.08 Å². The second-order valence-electron chi connectivity index (χ2n) is 6.70. The monoisotopic (exact) mass is 322 g/mol. The number of ether oxygens (including phenoxy) is 3. The van der Waals surface area contributed by atoms with E-state index in [1.165, 1.54) is 6.92 Å². The molecule has 1 aliphatic carbocycles. The summed E-state index contributed by atoms with van der Waals surface area (Å²) in [7, 11) is 0. The van der Waals surface area contributed by atoms with Crippen LogP contribution in [0.3, 0.4) is 0 Å². The van der Waals surface area contributed by atoms with Crippen molar-refractivity contribution in [3.63, 3.8) is 0 Å². The van der Waals surface area contributed by atoms with Gasteiger partial charge in [-0.3, -0.25) is 4.79 Å². The van der Waals surface area contributed by atoms with Crippen LogP contribution in [0.4, 0.5) is 0 Å². The van der Waals surface area contributed by atoms with Gasteiger partial charge in [0.15, 0.2) is 6.10 Å². The third-order valence-corrected chi connectivity index (χ3v) is 4.78. The molecule has 2 aliphatic heterocycles. The zero-order valence-corrected chi connectivity index (χ0v) is 13.6. The molecule has 0 amide bonds. The first-order valence-electron chi connectivity index (χ1n) is 7.90. The minimum Gasteiger partial charge on any atom is -0.461 e. The van der Waals surface area contributed by atoms with Crippen molar-refractivity contribution < 1.29 is 28.9 Å². The molecule has 0 aromatic carbocycles. The number of aliphatic hydroxyl groups excluding tert-OH is 1. The molecule has 0 bridgehead atoms. The maximum absolute atomic E-state index is 12.2. The van der Waals surface area contributed by atoms with Crippen LogP contribution in [0.1, 0.15) is 40.0 Å². The van der Waals surface area contributed by atoms with E-state index in [0.29, 0.717) is 12.0 Å². The molecule has 6 nitrogen and oxygen atoms in total. The summed E-state index contributed by atoms with van der Waals surface area (Å²) in [6.07, 6.45) is 2.53. The van der Waals surface area contributed by atoms with Crippen LogP contribution in [0.2, 0.25) is 0 Å². The zero-order valence-electron chi connectivity index (χ0n) is 13.6. The Morgan fingerprint density at radius 3 is 2.96 bits per heavy atom. The number of hydrogen-bond donors (Lipinski definition) is 1. The number of aliphatic hydroxyl groups is 1. The van der Waals surface area contributed by atoms with Crippen molar-refractivity contribution >= 4 is 11.9 Å². The number of hydrogen-bond acceptors (Lipinski definition) is 6. The predicted octanol–water partition coefficient (Wildman–Crippen LogP) is 1.42. The minimum atomic E-state index is -0.847. The smallest absolute Gasteiger partial charge is 0.338 e. The van der Waals surface area contributed by atoms with Crippen molar-refractivity contribution in [3.8, 4) is 0 Å². The van der Waals surface area contributed by atoms with Crippen LogP contribution >= 0.6 is 0 Å². The lowest BCUT2D eigenvalue weighted by Crippen LogP contribution is -2.30. The Labute approximate surface area is 135 Å². The van der Waals surface area contributed by atoms with Crippen molar-refractivity contribution in [1.82, 2.24) is 0 Å². The molecule has 6 heteroatoms. The summed E-state index contributed by atoms with van der Waals surface area (Å²) >= 11 is 0. The molecule has 0 unspecified atom stereocenters. The highest BCUT2D eigenvalue weighted by Crippen LogP contribution is 2.48. The molecule has 23 heavy (non-hydrogen) atoms. The Hall–Kier alpha value is -1.66. The molecule has 126 valence electrons. The molecule has 1 fully saturated rings. The molecule has 0 saturated carbocycles. The largest absolute Gasteiger partial charge is 0.461 e. The highest BCUT2D eigenvalue weighted by molar-refractivity contribution is 5.93. The van der Waals surface area contributed by atoms with E-state index in [1.807, 2.05) is 13.8 Å². The summed E-state index contributed by atoms with van der Waals surface area (Å²) in [5.41, 5.74) is 1.45. The van der Waals surface area contributed by atoms with Crippen molar-refractivity contribution in [1.29, 1.82) is 0 Å². The van der Waals surface area contributed by atoms with Gasteiger partial charge in [0.2, 0.25) is 0 Å². The van der Waals surface area contributed by atoms with Gasteiger partial charge in [0.05, 0.1) is 17.3 Å². The van der Waals surface area contributed by atoms with Gasteiger partial charge in [0.1, 0.15) is 12.7 Å². The lowest BCUT2D eigenvalue weighted by molar-refractivity contribution is -0.143. The molecule has 3 aliphatic rings. The van der Waals surface area contributed by atoms with Crippen LogP contribution < -0.4 is 0 Å². The third-order valence-electron chi connectivity index (χ3n) is 4.78. The maximum Gasteiger partial charge on any atom is 0.338 e. The molecular weight excluding hydrogens is 300 g/mol. The fourth-order valence-corrected chi connectivity index (χ4v) is 3.41. The number of esters is 2. The van der Waals surface area contributed by atoms with Crippen molar-refractivity contribution in [2.24, 2.45) is 0 Å². The van der Waals surface area contributed by atoms with Crippen molar-refractivity contribution in [3.05, 3.63) is 22.8 Å². The number of allylic oxidation sites excluding steroid dienone is 1. The topological polar surface area (TPSA) is 85.4 Å². The first kappa shape index (κ1) is 16.2. The van der Waals surface area contributed by atoms with Crippen molar-refractivity contribution in [2.75, 3.05) is 6.61 Å². The van der Waals surface area contributed by atoms with Gasteiger partial charge in [-0.25, -0.2) is 4.79 Å². The highest BCUT2D eigenvalue weighted by atomic mass is 16.6. The first-order valence-corrected chi connectivity index (χ1v) is 7.90. The number of carbonyl (C=O) groups is 2. The Morgan fingerprint density at radius 1 is 1.52 bits per heavy atom. The van der Waals surface area contributed by atoms with Crippen LogP contribution in [0.25, 0.3) is 0 Å². The second-order valence-corrected chi connectivity index (χ2v) is 6.70. The molecule has 0 radical (unpaired) electrons. The predicted molar refractivity (Wildman–Crippen MR) is 80.4 cm³/mol. The van der Waals surface area contributed by atoms with E-state index in [1.54, 1.807) is 0 Å². The van der Waals surface area contributed by atoms with Gasteiger partial charge < -0.3 is 19.3 Å². The Morgan fingerprint density at radius 2 is 2.26 bits per heavy atom. The Kier molecular flexibility index (Phi) is 4.06. The summed E-state index contributed by atoms with van der Waals surface area (Å²) < 4.78 is 16.2. The number of fused-ring (bicyclic) bond motifs is 3. The number of carbonyl (C=O) groups excluding carboxylic acids is 2. The quantitative estimate of drug-likeness (QED) is 0.470. The van der Waals surface area contributed by atoms with Crippen LogP contribution in [-0.2, 0) is 23.8 Å². The van der Waals surface area contributed by atoms with Crippen LogP contribution in [0, 0.1) is 0 Å². The fraction of sp³-hybridized carbons (Fsp3) is 0.647. The van der Waals surface area contributed by atoms with Gasteiger partial charge in [-0.1, -0.05) is 11.6 Å². The van der Waals surface area contributed by atoms with Gasteiger partial charge in [-0.15, -0.1) is 0 Å². The average molecular weight is 322 g/mol. The first-order chi connectivity index (χ1) is 10.8. The molecule has 0 aromatic rings. The summed E-state index contributed by atoms with van der Waals surface area (Å²) in [5, 5.41) is 10.6. The molecule has 3 rings (SSSR count). The Balaban J connectivity index is 1.96. The SMILES string of the molecule is CC(=O)OCC1=C2[C@@H](O)C/C(C)=C/CC[C@@]3(C)O[C@H]3[C@H]2OC1=O. The van der Waals surface area contributed by atoms with Gasteiger partial charge >= 0.3 is 11.9 Å². The standard InChI is InChI=1S/C17H22O6/c1-9-5-4-6-17(3)15(23-17)14-13(12(19)7-9)11(16(20)22-14)8-21-10(2)18/h5,12,14-15,19H,4,6-8H2,1-3H3/b9-5+/t12-,14-,15-,17+/m0/s1. The van der Waals surface area contributed by atoms with Crippen molar-refractivity contribution in [2.45, 2.75) is 63.9 Å². The van der Waals surface area contributed by atoms with E-state index >= 15 is 0 Å². The summed E-state index contributed by atoms with van der Waals surface area (Å²) in [4.78, 5) is 23.2. The minimum absolute atomic E-state index is 0.177. The molecule has 1 saturated heterocycles. The van der Waals surface area contributed by atoms with E-state index in [9.17, 15) is 14.7 Å². The van der Waals surface area contributed by atoms with Gasteiger partial charge in [0, 0.05) is 12.5 Å². The van der Waals surface area contributed by atoms with Gasteiger partial charge in [-0.05, 0) is 33.1 Å². The highest BCUT2D eigenvalue weighted by Gasteiger charge is 2.61. The van der Waals surface area contributed by atoms with Crippen LogP contribution in [0.15, 0.2) is 22.8 Å². The molecule has 1 N–H and O–H groups in total. The van der Waals surface area contributed by atoms with Crippen LogP contribution in [-0.4, -0.2) is 47.6 Å². The molecule has 4 atom stereocenters. The second kappa shape index (κ2) is 5.76. The zero-order chi connectivity index (χ0) is 16.8. The maximum atomic E-state index is 12.2. The van der Waals surface area contributed by atoms with Gasteiger partial charge in [0.25, 0.3) is 0 Å². The van der Waals surface area contributed by atoms with Gasteiger partial charge in [-0.2, -0.15) is 0 Å². The normalized spacial score (nSPS) is 38.9. The lowest BCUT2D eigenvalue weighted by atomic mass is 9.87. The Bertz CT molecular complexity index is 604. The summed E-state index contributed by atoms with van der Waals surface area (Å²) in [5.74, 6) is -1.02.